The Bertz CT molecular complexity index is 839. The van der Waals surface area contributed by atoms with Gasteiger partial charge in [-0.25, -0.2) is 0 Å². The molecule has 25 heavy (non-hydrogen) atoms. The molecule has 1 amide bonds. The highest BCUT2D eigenvalue weighted by atomic mass is 35.5. The van der Waals surface area contributed by atoms with E-state index in [4.69, 9.17) is 16.0 Å². The number of carbonyl (C=O) groups excluding carboxylic acids is 1. The molecule has 0 fully saturated rings. The summed E-state index contributed by atoms with van der Waals surface area (Å²) in [6, 6.07) is 17.3. The van der Waals surface area contributed by atoms with E-state index in [1.165, 1.54) is 4.90 Å². The lowest BCUT2D eigenvalue weighted by molar-refractivity contribution is -0.116. The van der Waals surface area contributed by atoms with Crippen LogP contribution >= 0.6 is 23.4 Å². The van der Waals surface area contributed by atoms with Crippen molar-refractivity contribution >= 4 is 35.3 Å². The number of nitrogens with zero attached hydrogens (tertiary/aromatic N) is 2. The molecule has 0 atom stereocenters. The summed E-state index contributed by atoms with van der Waals surface area (Å²) in [7, 11) is 0. The second-order valence-corrected chi connectivity index (χ2v) is 6.78. The predicted octanol–water partition coefficient (Wildman–Crippen LogP) is 4.90. The predicted molar refractivity (Wildman–Crippen MR) is 99.8 cm³/mol. The van der Waals surface area contributed by atoms with Crippen molar-refractivity contribution in [1.82, 2.24) is 10.2 Å². The number of thioether (sulfide) groups is 1. The van der Waals surface area contributed by atoms with Crippen LogP contribution in [-0.2, 0) is 4.79 Å². The smallest absolute Gasteiger partial charge is 0.322 e. The standard InChI is InChI=1S/C18H16ClN3O2S/c19-15-10-5-4-9-14(15)17-21-22-18(24-17)20-16(23)11-6-12-25-13-7-2-1-3-8-13/h1-5,7-10H,6,11-12H2,(H,20,22,23). The highest BCUT2D eigenvalue weighted by molar-refractivity contribution is 7.99. The third-order valence-electron chi connectivity index (χ3n) is 3.34. The Labute approximate surface area is 154 Å². The van der Waals surface area contributed by atoms with E-state index < -0.39 is 0 Å². The van der Waals surface area contributed by atoms with Gasteiger partial charge in [-0.1, -0.05) is 47.0 Å². The summed E-state index contributed by atoms with van der Waals surface area (Å²) >= 11 is 7.82. The van der Waals surface area contributed by atoms with Gasteiger partial charge in [0, 0.05) is 11.3 Å². The molecule has 0 radical (unpaired) electrons. The fraction of sp³-hybridized carbons (Fsp3) is 0.167. The summed E-state index contributed by atoms with van der Waals surface area (Å²) in [5.74, 6) is 0.995. The fourth-order valence-electron chi connectivity index (χ4n) is 2.14. The van der Waals surface area contributed by atoms with Crippen molar-refractivity contribution in [2.24, 2.45) is 0 Å². The number of hydrogen-bond donors (Lipinski definition) is 1. The molecule has 2 aromatic carbocycles. The van der Waals surface area contributed by atoms with Gasteiger partial charge in [0.1, 0.15) is 0 Å². The summed E-state index contributed by atoms with van der Waals surface area (Å²) in [4.78, 5) is 13.2. The highest BCUT2D eigenvalue weighted by Gasteiger charge is 2.13. The van der Waals surface area contributed by atoms with Crippen LogP contribution in [0.3, 0.4) is 0 Å². The van der Waals surface area contributed by atoms with Crippen LogP contribution in [0.5, 0.6) is 0 Å². The molecule has 0 aliphatic heterocycles. The van der Waals surface area contributed by atoms with Gasteiger partial charge in [-0.05, 0) is 36.4 Å². The summed E-state index contributed by atoms with van der Waals surface area (Å²) in [5, 5.41) is 10.9. The molecule has 3 rings (SSSR count). The molecule has 7 heteroatoms. The van der Waals surface area contributed by atoms with Crippen molar-refractivity contribution in [1.29, 1.82) is 0 Å². The zero-order chi connectivity index (χ0) is 17.5. The van der Waals surface area contributed by atoms with E-state index in [9.17, 15) is 4.79 Å². The lowest BCUT2D eigenvalue weighted by Gasteiger charge is -2.02. The molecule has 0 saturated carbocycles. The summed E-state index contributed by atoms with van der Waals surface area (Å²) < 4.78 is 5.45. The first-order valence-electron chi connectivity index (χ1n) is 7.78. The average Bonchev–Trinajstić information content (AvgIpc) is 3.08. The Morgan fingerprint density at radius 1 is 1.08 bits per heavy atom. The Morgan fingerprint density at radius 2 is 1.84 bits per heavy atom. The van der Waals surface area contributed by atoms with E-state index in [2.05, 4.69) is 27.6 Å². The second kappa shape index (κ2) is 8.69. The van der Waals surface area contributed by atoms with Gasteiger partial charge >= 0.3 is 6.01 Å². The van der Waals surface area contributed by atoms with Gasteiger partial charge in [0.25, 0.3) is 5.89 Å². The Balaban J connectivity index is 1.46. The van der Waals surface area contributed by atoms with E-state index in [1.54, 1.807) is 23.9 Å². The third-order valence-corrected chi connectivity index (χ3v) is 4.76. The van der Waals surface area contributed by atoms with E-state index in [0.717, 1.165) is 12.2 Å². The molecule has 128 valence electrons. The maximum absolute atomic E-state index is 12.0. The molecule has 0 aliphatic carbocycles. The first-order valence-corrected chi connectivity index (χ1v) is 9.15. The first-order chi connectivity index (χ1) is 12.2. The lowest BCUT2D eigenvalue weighted by Crippen LogP contribution is -2.11. The van der Waals surface area contributed by atoms with Crippen molar-refractivity contribution < 1.29 is 9.21 Å². The highest BCUT2D eigenvalue weighted by Crippen LogP contribution is 2.27. The van der Waals surface area contributed by atoms with Crippen LogP contribution in [0, 0.1) is 0 Å². The zero-order valence-corrected chi connectivity index (χ0v) is 14.9. The number of nitrogens with one attached hydrogen (secondary N) is 1. The molecule has 0 bridgehead atoms. The normalized spacial score (nSPS) is 10.6. The van der Waals surface area contributed by atoms with Crippen molar-refractivity contribution in [3.63, 3.8) is 0 Å². The van der Waals surface area contributed by atoms with Crippen molar-refractivity contribution in [2.45, 2.75) is 17.7 Å². The number of aromatic nitrogens is 2. The number of anilines is 1. The number of amides is 1. The fourth-order valence-corrected chi connectivity index (χ4v) is 3.23. The first kappa shape index (κ1) is 17.5. The van der Waals surface area contributed by atoms with Crippen molar-refractivity contribution in [3.05, 3.63) is 59.6 Å². The van der Waals surface area contributed by atoms with Gasteiger partial charge in [0.2, 0.25) is 5.91 Å². The molecule has 0 saturated heterocycles. The van der Waals surface area contributed by atoms with Crippen LogP contribution in [0.4, 0.5) is 6.01 Å². The van der Waals surface area contributed by atoms with Crippen LogP contribution in [0.1, 0.15) is 12.8 Å². The molecule has 1 N–H and O–H groups in total. The number of carbonyl (C=O) groups is 1. The number of rotatable bonds is 7. The van der Waals surface area contributed by atoms with Gasteiger partial charge < -0.3 is 4.42 Å². The molecule has 3 aromatic rings. The second-order valence-electron chi connectivity index (χ2n) is 5.21. The van der Waals surface area contributed by atoms with E-state index in [0.29, 0.717) is 17.0 Å². The maximum Gasteiger partial charge on any atom is 0.322 e. The molecule has 0 spiro atoms. The van der Waals surface area contributed by atoms with Crippen LogP contribution in [-0.4, -0.2) is 21.9 Å². The summed E-state index contributed by atoms with van der Waals surface area (Å²) in [5.41, 5.74) is 0.636. The number of benzene rings is 2. The average molecular weight is 374 g/mol. The van der Waals surface area contributed by atoms with Gasteiger partial charge in [0.15, 0.2) is 0 Å². The van der Waals surface area contributed by atoms with Crippen molar-refractivity contribution in [2.75, 3.05) is 11.1 Å². The number of halogens is 1. The SMILES string of the molecule is O=C(CCCSc1ccccc1)Nc1nnc(-c2ccccc2Cl)o1. The molecular weight excluding hydrogens is 358 g/mol. The van der Waals surface area contributed by atoms with E-state index >= 15 is 0 Å². The van der Waals surface area contributed by atoms with E-state index in [1.807, 2.05) is 30.3 Å². The minimum absolute atomic E-state index is 0.0793. The summed E-state index contributed by atoms with van der Waals surface area (Å²) in [6.45, 7) is 0. The third kappa shape index (κ3) is 5.08. The Kier molecular flexibility index (Phi) is 6.09. The van der Waals surface area contributed by atoms with Gasteiger partial charge in [-0.15, -0.1) is 16.9 Å². The van der Waals surface area contributed by atoms with Crippen LogP contribution in [0.2, 0.25) is 5.02 Å². The Morgan fingerprint density at radius 3 is 2.64 bits per heavy atom. The maximum atomic E-state index is 12.0. The minimum Gasteiger partial charge on any atom is -0.403 e. The van der Waals surface area contributed by atoms with Crippen LogP contribution < -0.4 is 5.32 Å². The topological polar surface area (TPSA) is 68.0 Å². The lowest BCUT2D eigenvalue weighted by atomic mass is 10.2. The quantitative estimate of drug-likeness (QED) is 0.471. The van der Waals surface area contributed by atoms with Crippen molar-refractivity contribution in [3.8, 4) is 11.5 Å². The summed E-state index contributed by atoms with van der Waals surface area (Å²) in [6.07, 6.45) is 1.15. The monoisotopic (exact) mass is 373 g/mol. The molecule has 5 nitrogen and oxygen atoms in total. The van der Waals surface area contributed by atoms with Gasteiger partial charge in [-0.2, -0.15) is 0 Å². The molecule has 1 heterocycles. The van der Waals surface area contributed by atoms with Gasteiger partial charge in [0.05, 0.1) is 10.6 Å². The van der Waals surface area contributed by atoms with E-state index in [-0.39, 0.29) is 17.8 Å². The number of hydrogen-bond acceptors (Lipinski definition) is 5. The largest absolute Gasteiger partial charge is 0.403 e. The minimum atomic E-state index is -0.150. The van der Waals surface area contributed by atoms with Gasteiger partial charge in [-0.3, -0.25) is 10.1 Å². The molecular formula is C18H16ClN3O2S. The molecule has 1 aromatic heterocycles. The van der Waals surface area contributed by atoms with Crippen LogP contribution in [0.15, 0.2) is 63.9 Å². The molecule has 0 unspecified atom stereocenters. The zero-order valence-electron chi connectivity index (χ0n) is 13.3. The molecule has 0 aliphatic rings. The Hall–Kier alpha value is -2.31. The van der Waals surface area contributed by atoms with Crippen LogP contribution in [0.25, 0.3) is 11.5 Å².